The van der Waals surface area contributed by atoms with Crippen LogP contribution in [0, 0.1) is 0 Å². The Hall–Kier alpha value is 0.220. The van der Waals surface area contributed by atoms with E-state index >= 15 is 0 Å². The van der Waals surface area contributed by atoms with E-state index in [9.17, 15) is 0 Å². The molecule has 0 spiro atoms. The van der Waals surface area contributed by atoms with Gasteiger partial charge in [0.2, 0.25) is 0 Å². The van der Waals surface area contributed by atoms with Crippen LogP contribution in [0.5, 0.6) is 0 Å². The van der Waals surface area contributed by atoms with Crippen LogP contribution >= 0.6 is 15.9 Å². The maximum Gasteiger partial charge on any atom is 0.0214 e. The van der Waals surface area contributed by atoms with Gasteiger partial charge in [0.25, 0.3) is 0 Å². The van der Waals surface area contributed by atoms with E-state index in [1.54, 1.807) is 0 Å². The van der Waals surface area contributed by atoms with Crippen LogP contribution in [0.4, 0.5) is 0 Å². The minimum Gasteiger partial charge on any atom is -0.0883 e. The molecule has 0 saturated heterocycles. The van der Waals surface area contributed by atoms with Crippen LogP contribution in [0.25, 0.3) is 0 Å². The lowest BCUT2D eigenvalue weighted by atomic mass is 10.1. The normalized spacial score (nSPS) is 12.1. The van der Waals surface area contributed by atoms with Gasteiger partial charge in [-0.3, -0.25) is 0 Å². The van der Waals surface area contributed by atoms with E-state index in [1.807, 2.05) is 0 Å². The average Bonchev–Trinajstić information content (AvgIpc) is 2.17. The minimum absolute atomic E-state index is 1.01. The Morgan fingerprint density at radius 2 is 1.57 bits per heavy atom. The van der Waals surface area contributed by atoms with Gasteiger partial charge in [-0.15, -0.1) is 0 Å². The van der Waals surface area contributed by atoms with Crippen LogP contribution in [0.3, 0.4) is 0 Å². The molecule has 0 aromatic rings. The molecule has 0 aliphatic carbocycles. The number of alkyl halides is 1. The molecule has 1 heteroatoms. The number of rotatable bonds is 9. The highest BCUT2D eigenvalue weighted by atomic mass is 79.9. The van der Waals surface area contributed by atoms with Crippen molar-refractivity contribution in [2.75, 3.05) is 5.33 Å². The van der Waals surface area contributed by atoms with Gasteiger partial charge in [0.05, 0.1) is 0 Å². The van der Waals surface area contributed by atoms with E-state index in [0.717, 1.165) is 5.33 Å². The molecular formula is C13H25Br. The molecule has 0 atom stereocenters. The topological polar surface area (TPSA) is 0 Å². The van der Waals surface area contributed by atoms with E-state index in [-0.39, 0.29) is 0 Å². The molecule has 0 fully saturated rings. The molecular weight excluding hydrogens is 236 g/mol. The van der Waals surface area contributed by atoms with Crippen LogP contribution in [0.1, 0.15) is 65.2 Å². The highest BCUT2D eigenvalue weighted by Gasteiger charge is 1.92. The summed E-state index contributed by atoms with van der Waals surface area (Å²) < 4.78 is 0. The molecule has 0 aromatic carbocycles. The van der Waals surface area contributed by atoms with E-state index in [1.165, 1.54) is 56.9 Å². The predicted molar refractivity (Wildman–Crippen MR) is 70.2 cm³/mol. The quantitative estimate of drug-likeness (QED) is 0.293. The van der Waals surface area contributed by atoms with Crippen molar-refractivity contribution >= 4 is 15.9 Å². The molecule has 0 aliphatic heterocycles. The fourth-order valence-electron chi connectivity index (χ4n) is 1.59. The smallest absolute Gasteiger partial charge is 0.0214 e. The lowest BCUT2D eigenvalue weighted by Gasteiger charge is -2.01. The predicted octanol–water partition coefficient (Wildman–Crippen LogP) is 5.47. The minimum atomic E-state index is 1.01. The fraction of sp³-hybridized carbons (Fsp3) is 0.846. The van der Waals surface area contributed by atoms with Crippen molar-refractivity contribution in [3.63, 3.8) is 0 Å². The van der Waals surface area contributed by atoms with Gasteiger partial charge >= 0.3 is 0 Å². The lowest BCUT2D eigenvalue weighted by Crippen LogP contribution is -1.82. The molecule has 0 rings (SSSR count). The first-order valence-corrected chi connectivity index (χ1v) is 7.15. The van der Waals surface area contributed by atoms with Crippen molar-refractivity contribution < 1.29 is 0 Å². The zero-order valence-corrected chi connectivity index (χ0v) is 11.4. The molecule has 0 nitrogen and oxygen atoms in total. The summed E-state index contributed by atoms with van der Waals surface area (Å²) >= 11 is 3.42. The molecule has 0 radical (unpaired) electrons. The highest BCUT2D eigenvalue weighted by Crippen LogP contribution is 2.12. The van der Waals surface area contributed by atoms with Gasteiger partial charge in [-0.1, -0.05) is 73.0 Å². The molecule has 0 aliphatic rings. The van der Waals surface area contributed by atoms with Crippen LogP contribution < -0.4 is 0 Å². The standard InChI is InChI=1S/C13H25Br/c1-3-4-5-6-7-8-9-10-13(2)11-12-14/h11H,3-10,12H2,1-2H3. The largest absolute Gasteiger partial charge is 0.0883 e. The van der Waals surface area contributed by atoms with Crippen LogP contribution in [-0.4, -0.2) is 5.33 Å². The SMILES string of the molecule is CCCCCCCCCC(C)=CCBr. The summed E-state index contributed by atoms with van der Waals surface area (Å²) in [4.78, 5) is 0. The second-order valence-electron chi connectivity index (χ2n) is 4.08. The summed E-state index contributed by atoms with van der Waals surface area (Å²) in [6, 6.07) is 0. The van der Waals surface area contributed by atoms with Crippen LogP contribution in [-0.2, 0) is 0 Å². The zero-order chi connectivity index (χ0) is 10.6. The lowest BCUT2D eigenvalue weighted by molar-refractivity contribution is 0.588. The number of unbranched alkanes of at least 4 members (excludes halogenated alkanes) is 6. The monoisotopic (exact) mass is 260 g/mol. The molecule has 0 N–H and O–H groups in total. The maximum absolute atomic E-state index is 3.42. The van der Waals surface area contributed by atoms with Gasteiger partial charge in [0.15, 0.2) is 0 Å². The molecule has 0 aromatic heterocycles. The molecule has 14 heavy (non-hydrogen) atoms. The van der Waals surface area contributed by atoms with Crippen molar-refractivity contribution in [2.45, 2.75) is 65.2 Å². The van der Waals surface area contributed by atoms with Crippen molar-refractivity contribution in [2.24, 2.45) is 0 Å². The first-order chi connectivity index (χ1) is 6.81. The molecule has 0 saturated carbocycles. The molecule has 84 valence electrons. The first kappa shape index (κ1) is 14.2. The van der Waals surface area contributed by atoms with Gasteiger partial charge in [0, 0.05) is 5.33 Å². The first-order valence-electron chi connectivity index (χ1n) is 6.02. The second-order valence-corrected chi connectivity index (χ2v) is 4.72. The van der Waals surface area contributed by atoms with Crippen molar-refractivity contribution in [1.29, 1.82) is 0 Å². The van der Waals surface area contributed by atoms with Gasteiger partial charge in [-0.2, -0.15) is 0 Å². The maximum atomic E-state index is 3.42. The van der Waals surface area contributed by atoms with E-state index in [4.69, 9.17) is 0 Å². The third kappa shape index (κ3) is 10.3. The van der Waals surface area contributed by atoms with Gasteiger partial charge in [-0.05, 0) is 19.8 Å². The summed E-state index contributed by atoms with van der Waals surface area (Å²) in [6.07, 6.45) is 13.4. The molecule has 0 amide bonds. The summed E-state index contributed by atoms with van der Waals surface area (Å²) in [5, 5.41) is 1.01. The number of hydrogen-bond donors (Lipinski definition) is 0. The number of halogens is 1. The summed E-state index contributed by atoms with van der Waals surface area (Å²) in [5.41, 5.74) is 1.54. The van der Waals surface area contributed by atoms with Crippen molar-refractivity contribution in [1.82, 2.24) is 0 Å². The third-order valence-corrected chi connectivity index (χ3v) is 2.92. The Labute approximate surface area is 98.3 Å². The van der Waals surface area contributed by atoms with Crippen LogP contribution in [0.15, 0.2) is 11.6 Å². The van der Waals surface area contributed by atoms with E-state index in [0.29, 0.717) is 0 Å². The Morgan fingerprint density at radius 3 is 2.14 bits per heavy atom. The molecule has 0 unspecified atom stereocenters. The Bertz CT molecular complexity index is 138. The van der Waals surface area contributed by atoms with Gasteiger partial charge < -0.3 is 0 Å². The fourth-order valence-corrected chi connectivity index (χ4v) is 2.15. The van der Waals surface area contributed by atoms with Gasteiger partial charge in [-0.25, -0.2) is 0 Å². The zero-order valence-electron chi connectivity index (χ0n) is 9.82. The van der Waals surface area contributed by atoms with Crippen molar-refractivity contribution in [3.8, 4) is 0 Å². The summed E-state index contributed by atoms with van der Waals surface area (Å²) in [6.45, 7) is 4.51. The van der Waals surface area contributed by atoms with E-state index in [2.05, 4.69) is 35.9 Å². The molecule has 0 bridgehead atoms. The number of allylic oxidation sites excluding steroid dienone is 2. The highest BCUT2D eigenvalue weighted by molar-refractivity contribution is 9.09. The summed E-state index contributed by atoms with van der Waals surface area (Å²) in [5.74, 6) is 0. The van der Waals surface area contributed by atoms with Gasteiger partial charge in [0.1, 0.15) is 0 Å². The summed E-state index contributed by atoms with van der Waals surface area (Å²) in [7, 11) is 0. The number of hydrogen-bond acceptors (Lipinski definition) is 0. The Kier molecular flexibility index (Phi) is 11.5. The Morgan fingerprint density at radius 1 is 1.00 bits per heavy atom. The second kappa shape index (κ2) is 11.3. The average molecular weight is 261 g/mol. The van der Waals surface area contributed by atoms with Crippen LogP contribution in [0.2, 0.25) is 0 Å². The molecule has 0 heterocycles. The van der Waals surface area contributed by atoms with Crippen molar-refractivity contribution in [3.05, 3.63) is 11.6 Å². The third-order valence-electron chi connectivity index (χ3n) is 2.60. The van der Waals surface area contributed by atoms with E-state index < -0.39 is 0 Å². The Balaban J connectivity index is 3.09.